The molecule has 29 heavy (non-hydrogen) atoms. The molecule has 1 saturated carbocycles. The van der Waals surface area contributed by atoms with Crippen LogP contribution in [0.25, 0.3) is 0 Å². The third-order valence-electron chi connectivity index (χ3n) is 5.75. The highest BCUT2D eigenvalue weighted by Gasteiger charge is 2.39. The van der Waals surface area contributed by atoms with Gasteiger partial charge in [-0.15, -0.1) is 6.58 Å². The number of allylic oxidation sites excluding steroid dienone is 1. The molecular weight excluding hydrogens is 368 g/mol. The Morgan fingerprint density at radius 3 is 2.48 bits per heavy atom. The fraction of sp³-hybridized carbons (Fsp3) is 0.400. The predicted octanol–water partition coefficient (Wildman–Crippen LogP) is 7.41. The summed E-state index contributed by atoms with van der Waals surface area (Å²) >= 11 is 0. The van der Waals surface area contributed by atoms with Crippen molar-refractivity contribution < 1.29 is 13.5 Å². The van der Waals surface area contributed by atoms with Gasteiger partial charge in [-0.25, -0.2) is 0 Å². The molecule has 0 spiro atoms. The maximum atomic E-state index is 15.2. The smallest absolute Gasteiger partial charge is 0.426 e. The fourth-order valence-corrected chi connectivity index (χ4v) is 4.09. The van der Waals surface area contributed by atoms with Crippen molar-refractivity contribution in [3.05, 3.63) is 77.4 Å². The molecule has 0 bridgehead atoms. The van der Waals surface area contributed by atoms with Crippen molar-refractivity contribution in [2.45, 2.75) is 63.4 Å². The Kier molecular flexibility index (Phi) is 6.69. The highest BCUT2D eigenvalue weighted by atomic mass is 19.3. The third-order valence-corrected chi connectivity index (χ3v) is 5.75. The van der Waals surface area contributed by atoms with Crippen LogP contribution in [0.1, 0.15) is 79.5 Å². The van der Waals surface area contributed by atoms with Gasteiger partial charge in [-0.05, 0) is 72.6 Å². The minimum Gasteiger partial charge on any atom is -0.429 e. The second-order valence-electron chi connectivity index (χ2n) is 7.86. The number of rotatable bonds is 7. The number of nitrogens with zero attached hydrogens (tertiary/aromatic N) is 1. The molecule has 152 valence electrons. The highest BCUT2D eigenvalue weighted by molar-refractivity contribution is 5.40. The zero-order valence-corrected chi connectivity index (χ0v) is 16.8. The number of hydrogen-bond acceptors (Lipinski definition) is 2. The summed E-state index contributed by atoms with van der Waals surface area (Å²) in [5.74, 6) is 0.412. The van der Waals surface area contributed by atoms with Crippen molar-refractivity contribution in [3.63, 3.8) is 0 Å². The third kappa shape index (κ3) is 5.03. The van der Waals surface area contributed by atoms with Crippen LogP contribution in [0.5, 0.6) is 5.75 Å². The van der Waals surface area contributed by atoms with E-state index in [1.54, 1.807) is 6.07 Å². The lowest BCUT2D eigenvalue weighted by Crippen LogP contribution is -2.25. The van der Waals surface area contributed by atoms with E-state index in [1.165, 1.54) is 30.3 Å². The highest BCUT2D eigenvalue weighted by Crippen LogP contribution is 2.42. The molecule has 0 aromatic heterocycles. The van der Waals surface area contributed by atoms with E-state index in [9.17, 15) is 0 Å². The maximum absolute atomic E-state index is 15.2. The van der Waals surface area contributed by atoms with E-state index in [0.29, 0.717) is 11.1 Å². The molecule has 0 heterocycles. The lowest BCUT2D eigenvalue weighted by molar-refractivity contribution is -0.186. The fourth-order valence-electron chi connectivity index (χ4n) is 4.09. The summed E-state index contributed by atoms with van der Waals surface area (Å²) in [5, 5.41) is 8.88. The number of halogens is 2. The minimum absolute atomic E-state index is 0.0488. The van der Waals surface area contributed by atoms with Gasteiger partial charge in [-0.3, -0.25) is 0 Å². The monoisotopic (exact) mass is 395 g/mol. The van der Waals surface area contributed by atoms with Crippen LogP contribution in [0, 0.1) is 11.3 Å². The summed E-state index contributed by atoms with van der Waals surface area (Å²) < 4.78 is 35.5. The van der Waals surface area contributed by atoms with Gasteiger partial charge >= 0.3 is 6.11 Å². The lowest BCUT2D eigenvalue weighted by atomic mass is 9.80. The Bertz CT molecular complexity index is 877. The molecule has 2 aromatic carbocycles. The molecule has 0 N–H and O–H groups in total. The molecule has 4 heteroatoms. The standard InChI is InChI=1S/C25H27F2NO/c1-3-7-18(2)21-12-15-24(23(16-21)20-8-5-4-6-9-20)25(26,27)29-22-13-10-19(17-28)11-14-22/h3,10-16,18,20H,1,4-9H2,2H3. The van der Waals surface area contributed by atoms with Crippen LogP contribution in [0.4, 0.5) is 8.78 Å². The predicted molar refractivity (Wildman–Crippen MR) is 111 cm³/mol. The second kappa shape index (κ2) is 9.22. The van der Waals surface area contributed by atoms with Crippen molar-refractivity contribution in [3.8, 4) is 11.8 Å². The number of benzene rings is 2. The van der Waals surface area contributed by atoms with Crippen LogP contribution in [0.3, 0.4) is 0 Å². The van der Waals surface area contributed by atoms with Crippen LogP contribution in [0.2, 0.25) is 0 Å². The largest absolute Gasteiger partial charge is 0.429 e. The molecule has 1 aliphatic rings. The average Bonchev–Trinajstić information content (AvgIpc) is 2.74. The Hall–Kier alpha value is -2.67. The van der Waals surface area contributed by atoms with Crippen LogP contribution >= 0.6 is 0 Å². The molecule has 2 aromatic rings. The van der Waals surface area contributed by atoms with E-state index < -0.39 is 6.11 Å². The van der Waals surface area contributed by atoms with Gasteiger partial charge in [-0.2, -0.15) is 14.0 Å². The van der Waals surface area contributed by atoms with Crippen LogP contribution in [-0.2, 0) is 6.11 Å². The van der Waals surface area contributed by atoms with Gasteiger partial charge in [0.2, 0.25) is 0 Å². The number of alkyl halides is 2. The van der Waals surface area contributed by atoms with Crippen molar-refractivity contribution >= 4 is 0 Å². The van der Waals surface area contributed by atoms with Gasteiger partial charge in [0, 0.05) is 0 Å². The second-order valence-corrected chi connectivity index (χ2v) is 7.86. The minimum atomic E-state index is -3.44. The van der Waals surface area contributed by atoms with Crippen molar-refractivity contribution in [1.82, 2.24) is 0 Å². The van der Waals surface area contributed by atoms with E-state index in [0.717, 1.165) is 44.1 Å². The summed E-state index contributed by atoms with van der Waals surface area (Å²) in [4.78, 5) is 0. The zero-order chi connectivity index (χ0) is 20.9. The van der Waals surface area contributed by atoms with Gasteiger partial charge in [0.05, 0.1) is 17.2 Å². The summed E-state index contributed by atoms with van der Waals surface area (Å²) in [6.45, 7) is 5.88. The van der Waals surface area contributed by atoms with E-state index in [-0.39, 0.29) is 23.1 Å². The summed E-state index contributed by atoms with van der Waals surface area (Å²) in [7, 11) is 0. The molecule has 0 aliphatic heterocycles. The first-order valence-electron chi connectivity index (χ1n) is 10.3. The molecule has 2 nitrogen and oxygen atoms in total. The molecule has 1 atom stereocenters. The van der Waals surface area contributed by atoms with Crippen molar-refractivity contribution in [2.75, 3.05) is 0 Å². The van der Waals surface area contributed by atoms with Crippen molar-refractivity contribution in [2.24, 2.45) is 0 Å². The summed E-state index contributed by atoms with van der Waals surface area (Å²) in [6.07, 6.45) is 4.39. The van der Waals surface area contributed by atoms with Crippen LogP contribution in [0.15, 0.2) is 55.1 Å². The van der Waals surface area contributed by atoms with E-state index >= 15 is 8.78 Å². The van der Waals surface area contributed by atoms with E-state index in [1.807, 2.05) is 18.2 Å². The van der Waals surface area contributed by atoms with Gasteiger partial charge in [0.1, 0.15) is 5.75 Å². The quantitative estimate of drug-likeness (QED) is 0.457. The number of nitriles is 1. The molecule has 0 amide bonds. The Morgan fingerprint density at radius 2 is 1.86 bits per heavy atom. The first-order valence-corrected chi connectivity index (χ1v) is 10.3. The molecule has 1 fully saturated rings. The van der Waals surface area contributed by atoms with Gasteiger partial charge in [0.25, 0.3) is 0 Å². The SMILES string of the molecule is C=CCC(C)c1ccc(C(F)(F)Oc2ccc(C#N)cc2)c(C2CCCCC2)c1. The molecular formula is C25H27F2NO. The first kappa shape index (κ1) is 21.0. The van der Waals surface area contributed by atoms with E-state index in [2.05, 4.69) is 13.5 Å². The van der Waals surface area contributed by atoms with Gasteiger partial charge in [0.15, 0.2) is 0 Å². The van der Waals surface area contributed by atoms with Gasteiger partial charge in [-0.1, -0.05) is 44.4 Å². The van der Waals surface area contributed by atoms with Crippen LogP contribution < -0.4 is 4.74 Å². The van der Waals surface area contributed by atoms with Crippen molar-refractivity contribution in [1.29, 1.82) is 5.26 Å². The Balaban J connectivity index is 1.96. The molecule has 3 rings (SSSR count). The Labute approximate surface area is 171 Å². The molecule has 0 saturated heterocycles. The molecule has 0 radical (unpaired) electrons. The maximum Gasteiger partial charge on any atom is 0.426 e. The molecule has 1 aliphatic carbocycles. The normalized spacial score (nSPS) is 16.1. The summed E-state index contributed by atoms with van der Waals surface area (Å²) in [5.41, 5.74) is 2.12. The lowest BCUT2D eigenvalue weighted by Gasteiger charge is -2.28. The average molecular weight is 395 g/mol. The van der Waals surface area contributed by atoms with E-state index in [4.69, 9.17) is 10.00 Å². The Morgan fingerprint density at radius 1 is 1.17 bits per heavy atom. The van der Waals surface area contributed by atoms with Crippen LogP contribution in [-0.4, -0.2) is 0 Å². The first-order chi connectivity index (χ1) is 13.9. The molecule has 1 unspecified atom stereocenters. The number of hydrogen-bond donors (Lipinski definition) is 0. The number of ether oxygens (including phenoxy) is 1. The summed E-state index contributed by atoms with van der Waals surface area (Å²) in [6, 6.07) is 13.0. The topological polar surface area (TPSA) is 33.0 Å². The zero-order valence-electron chi connectivity index (χ0n) is 16.8. The van der Waals surface area contributed by atoms with Gasteiger partial charge < -0.3 is 4.74 Å².